The predicted octanol–water partition coefficient (Wildman–Crippen LogP) is 3.89. The van der Waals surface area contributed by atoms with Crippen molar-refractivity contribution < 1.29 is 9.13 Å². The Morgan fingerprint density at radius 2 is 1.78 bits per heavy atom. The molecule has 0 amide bonds. The van der Waals surface area contributed by atoms with E-state index in [1.165, 1.54) is 6.07 Å². The summed E-state index contributed by atoms with van der Waals surface area (Å²) in [7, 11) is 0. The molecule has 0 aliphatic rings. The molecule has 4 heteroatoms. The van der Waals surface area contributed by atoms with Gasteiger partial charge in [-0.2, -0.15) is 0 Å². The van der Waals surface area contributed by atoms with Gasteiger partial charge in [0.05, 0.1) is 13.2 Å². The molecule has 0 aliphatic carbocycles. The molecule has 0 saturated carbocycles. The smallest absolute Gasteiger partial charge is 0.128 e. The number of rotatable bonds is 4. The quantitative estimate of drug-likeness (QED) is 0.870. The Morgan fingerprint density at radius 1 is 1.06 bits per heavy atom. The van der Waals surface area contributed by atoms with Crippen LogP contribution in [0.4, 0.5) is 10.1 Å². The second kappa shape index (κ2) is 5.98. The highest BCUT2D eigenvalue weighted by Gasteiger charge is 2.03. The van der Waals surface area contributed by atoms with E-state index in [1.54, 1.807) is 18.2 Å². The molecule has 0 saturated heterocycles. The topological polar surface area (TPSA) is 35.2 Å². The third-order valence-electron chi connectivity index (χ3n) is 2.55. The molecular formula is C14H13BrFNO. The molecule has 0 heterocycles. The lowest BCUT2D eigenvalue weighted by Gasteiger charge is -2.07. The SMILES string of the molecule is Nc1ccc(COCc2ccccc2F)c(Br)c1. The fraction of sp³-hybridized carbons (Fsp3) is 0.143. The van der Waals surface area contributed by atoms with Gasteiger partial charge in [0.1, 0.15) is 5.82 Å². The summed E-state index contributed by atoms with van der Waals surface area (Å²) in [6.07, 6.45) is 0. The zero-order chi connectivity index (χ0) is 13.0. The van der Waals surface area contributed by atoms with Crippen LogP contribution in [0.15, 0.2) is 46.9 Å². The first kappa shape index (κ1) is 13.1. The number of anilines is 1. The Bertz CT molecular complexity index is 545. The minimum absolute atomic E-state index is 0.242. The zero-order valence-electron chi connectivity index (χ0n) is 9.70. The average molecular weight is 310 g/mol. The van der Waals surface area contributed by atoms with Crippen LogP contribution in [0.25, 0.3) is 0 Å². The molecule has 0 aliphatic heterocycles. The van der Waals surface area contributed by atoms with E-state index in [0.29, 0.717) is 17.9 Å². The molecule has 2 nitrogen and oxygen atoms in total. The minimum atomic E-state index is -0.242. The van der Waals surface area contributed by atoms with Gasteiger partial charge in [0.25, 0.3) is 0 Å². The second-order valence-electron chi connectivity index (χ2n) is 3.94. The molecule has 2 N–H and O–H groups in total. The van der Waals surface area contributed by atoms with Crippen LogP contribution in [0.1, 0.15) is 11.1 Å². The Balaban J connectivity index is 1.95. The molecule has 94 valence electrons. The maximum atomic E-state index is 13.3. The van der Waals surface area contributed by atoms with Gasteiger partial charge >= 0.3 is 0 Å². The monoisotopic (exact) mass is 309 g/mol. The first-order valence-electron chi connectivity index (χ1n) is 5.52. The summed E-state index contributed by atoms with van der Waals surface area (Å²) in [5.74, 6) is -0.242. The Kier molecular flexibility index (Phi) is 4.33. The average Bonchev–Trinajstić information content (AvgIpc) is 2.34. The van der Waals surface area contributed by atoms with Gasteiger partial charge in [-0.3, -0.25) is 0 Å². The molecule has 2 rings (SSSR count). The van der Waals surface area contributed by atoms with Crippen LogP contribution in [0, 0.1) is 5.82 Å². The highest BCUT2D eigenvalue weighted by atomic mass is 79.9. The highest BCUT2D eigenvalue weighted by Crippen LogP contribution is 2.21. The van der Waals surface area contributed by atoms with Crippen LogP contribution < -0.4 is 5.73 Å². The normalized spacial score (nSPS) is 10.6. The third-order valence-corrected chi connectivity index (χ3v) is 3.29. The van der Waals surface area contributed by atoms with Crippen LogP contribution in [-0.2, 0) is 18.0 Å². The first-order chi connectivity index (χ1) is 8.66. The molecule has 0 fully saturated rings. The molecule has 0 radical (unpaired) electrons. The van der Waals surface area contributed by atoms with Gasteiger partial charge in [-0.05, 0) is 23.8 Å². The van der Waals surface area contributed by atoms with Gasteiger partial charge in [-0.1, -0.05) is 40.2 Å². The Morgan fingerprint density at radius 3 is 2.50 bits per heavy atom. The van der Waals surface area contributed by atoms with E-state index in [9.17, 15) is 4.39 Å². The number of nitrogens with two attached hydrogens (primary N) is 1. The lowest BCUT2D eigenvalue weighted by Crippen LogP contribution is -1.98. The molecule has 0 bridgehead atoms. The molecule has 0 spiro atoms. The van der Waals surface area contributed by atoms with Crippen molar-refractivity contribution in [3.63, 3.8) is 0 Å². The molecular weight excluding hydrogens is 297 g/mol. The van der Waals surface area contributed by atoms with E-state index in [2.05, 4.69) is 15.9 Å². The maximum absolute atomic E-state index is 13.3. The third kappa shape index (κ3) is 3.31. The van der Waals surface area contributed by atoms with Gasteiger partial charge in [0, 0.05) is 15.7 Å². The van der Waals surface area contributed by atoms with E-state index < -0.39 is 0 Å². The minimum Gasteiger partial charge on any atom is -0.399 e. The van der Waals surface area contributed by atoms with Crippen molar-refractivity contribution in [3.8, 4) is 0 Å². The summed E-state index contributed by atoms with van der Waals surface area (Å²) in [6.45, 7) is 0.665. The number of benzene rings is 2. The first-order valence-corrected chi connectivity index (χ1v) is 6.31. The van der Waals surface area contributed by atoms with Crippen molar-refractivity contribution in [1.29, 1.82) is 0 Å². The van der Waals surface area contributed by atoms with Gasteiger partial charge in [-0.25, -0.2) is 4.39 Å². The van der Waals surface area contributed by atoms with Crippen molar-refractivity contribution in [2.24, 2.45) is 0 Å². The van der Waals surface area contributed by atoms with Gasteiger partial charge < -0.3 is 10.5 Å². The van der Waals surface area contributed by atoms with Crippen LogP contribution in [0.5, 0.6) is 0 Å². The van der Waals surface area contributed by atoms with Crippen molar-refractivity contribution in [2.45, 2.75) is 13.2 Å². The van der Waals surface area contributed by atoms with Crippen LogP contribution in [-0.4, -0.2) is 0 Å². The van der Waals surface area contributed by atoms with E-state index in [1.807, 2.05) is 18.2 Å². The van der Waals surface area contributed by atoms with Crippen molar-refractivity contribution in [1.82, 2.24) is 0 Å². The highest BCUT2D eigenvalue weighted by molar-refractivity contribution is 9.10. The summed E-state index contributed by atoms with van der Waals surface area (Å²) in [5, 5.41) is 0. The number of ether oxygens (including phenoxy) is 1. The number of hydrogen-bond acceptors (Lipinski definition) is 2. The standard InChI is InChI=1S/C14H13BrFNO/c15-13-7-12(17)6-5-10(13)8-18-9-11-3-1-2-4-14(11)16/h1-7H,8-9,17H2. The molecule has 2 aromatic rings. The summed E-state index contributed by atoms with van der Waals surface area (Å²) in [4.78, 5) is 0. The van der Waals surface area contributed by atoms with Crippen LogP contribution >= 0.6 is 15.9 Å². The van der Waals surface area contributed by atoms with Crippen LogP contribution in [0.3, 0.4) is 0 Å². The van der Waals surface area contributed by atoms with Crippen molar-refractivity contribution >= 4 is 21.6 Å². The van der Waals surface area contributed by atoms with Gasteiger partial charge in [0.15, 0.2) is 0 Å². The van der Waals surface area contributed by atoms with E-state index in [0.717, 1.165) is 10.0 Å². The predicted molar refractivity (Wildman–Crippen MR) is 73.4 cm³/mol. The van der Waals surface area contributed by atoms with Gasteiger partial charge in [-0.15, -0.1) is 0 Å². The van der Waals surface area contributed by atoms with E-state index >= 15 is 0 Å². The fourth-order valence-corrected chi connectivity index (χ4v) is 2.08. The summed E-state index contributed by atoms with van der Waals surface area (Å²) in [6, 6.07) is 12.1. The number of nitrogen functional groups attached to an aromatic ring is 1. The molecule has 2 aromatic carbocycles. The maximum Gasteiger partial charge on any atom is 0.128 e. The summed E-state index contributed by atoms with van der Waals surface area (Å²) < 4.78 is 19.7. The number of hydrogen-bond donors (Lipinski definition) is 1. The van der Waals surface area contributed by atoms with E-state index in [-0.39, 0.29) is 12.4 Å². The van der Waals surface area contributed by atoms with Crippen molar-refractivity contribution in [2.75, 3.05) is 5.73 Å². The molecule has 18 heavy (non-hydrogen) atoms. The summed E-state index contributed by atoms with van der Waals surface area (Å²) >= 11 is 3.41. The zero-order valence-corrected chi connectivity index (χ0v) is 11.3. The molecule has 0 unspecified atom stereocenters. The fourth-order valence-electron chi connectivity index (χ4n) is 1.57. The Labute approximate surface area is 114 Å². The lowest BCUT2D eigenvalue weighted by atomic mass is 10.2. The number of halogens is 2. The van der Waals surface area contributed by atoms with Crippen LogP contribution in [0.2, 0.25) is 0 Å². The molecule has 0 aromatic heterocycles. The second-order valence-corrected chi connectivity index (χ2v) is 4.79. The lowest BCUT2D eigenvalue weighted by molar-refractivity contribution is 0.104. The summed E-state index contributed by atoms with van der Waals surface area (Å²) in [5.41, 5.74) is 7.89. The Hall–Kier alpha value is -1.39. The van der Waals surface area contributed by atoms with Gasteiger partial charge in [0.2, 0.25) is 0 Å². The van der Waals surface area contributed by atoms with E-state index in [4.69, 9.17) is 10.5 Å². The van der Waals surface area contributed by atoms with Crippen molar-refractivity contribution in [3.05, 3.63) is 63.9 Å². The molecule has 0 atom stereocenters. The largest absolute Gasteiger partial charge is 0.399 e.